The smallest absolute Gasteiger partial charge is 0.365 e. The zero-order chi connectivity index (χ0) is 22.6. The van der Waals surface area contributed by atoms with Crippen LogP contribution in [0.3, 0.4) is 0 Å². The molecule has 0 saturated carbocycles. The average molecular weight is 426 g/mol. The van der Waals surface area contributed by atoms with Gasteiger partial charge in [0.1, 0.15) is 17.2 Å². The Morgan fingerprint density at radius 3 is 2.06 bits per heavy atom. The second kappa shape index (κ2) is 11.8. The Morgan fingerprint density at radius 1 is 0.781 bits per heavy atom. The van der Waals surface area contributed by atoms with Crippen molar-refractivity contribution in [3.63, 3.8) is 0 Å². The van der Waals surface area contributed by atoms with Crippen molar-refractivity contribution < 1.29 is 19.2 Å². The summed E-state index contributed by atoms with van der Waals surface area (Å²) in [7, 11) is 0. The Bertz CT molecular complexity index is 1100. The zero-order valence-corrected chi connectivity index (χ0v) is 17.4. The number of carbonyl (C=O) groups excluding carboxylic acids is 2. The van der Waals surface area contributed by atoms with E-state index in [1.165, 1.54) is 0 Å². The fraction of sp³-hybridized carbons (Fsp3) is 0.154. The molecule has 3 aromatic carbocycles. The molecule has 32 heavy (non-hydrogen) atoms. The van der Waals surface area contributed by atoms with E-state index in [0.29, 0.717) is 48.3 Å². The molecule has 6 nitrogen and oxygen atoms in total. The van der Waals surface area contributed by atoms with Crippen molar-refractivity contribution >= 4 is 17.5 Å². The summed E-state index contributed by atoms with van der Waals surface area (Å²) in [5.41, 5.74) is 0.874. The van der Waals surface area contributed by atoms with Crippen LogP contribution in [0.25, 0.3) is 0 Å². The van der Waals surface area contributed by atoms with Gasteiger partial charge in [0, 0.05) is 12.0 Å². The third kappa shape index (κ3) is 6.64. The Morgan fingerprint density at radius 2 is 1.41 bits per heavy atom. The van der Waals surface area contributed by atoms with Crippen LogP contribution < -0.4 is 4.74 Å². The number of nitriles is 1. The number of para-hydroxylation sites is 1. The molecule has 0 amide bonds. The van der Waals surface area contributed by atoms with Gasteiger partial charge >= 0.3 is 5.97 Å². The SMILES string of the molecule is N#CCCCC/C(=N\OC(=O)c1ccccc1)C(=O)c1ccc(Oc2ccccc2)cc1. The molecule has 0 N–H and O–H groups in total. The van der Waals surface area contributed by atoms with Crippen molar-refractivity contribution in [1.82, 2.24) is 0 Å². The van der Waals surface area contributed by atoms with Gasteiger partial charge in [0.15, 0.2) is 0 Å². The molecule has 0 saturated heterocycles. The minimum absolute atomic E-state index is 0.129. The monoisotopic (exact) mass is 426 g/mol. The van der Waals surface area contributed by atoms with Gasteiger partial charge in [-0.05, 0) is 67.8 Å². The first-order chi connectivity index (χ1) is 15.7. The molecule has 0 spiro atoms. The molecule has 0 atom stereocenters. The number of benzene rings is 3. The third-order valence-electron chi connectivity index (χ3n) is 4.56. The summed E-state index contributed by atoms with van der Waals surface area (Å²) in [6, 6.07) is 26.5. The summed E-state index contributed by atoms with van der Waals surface area (Å²) in [5.74, 6) is 0.309. The van der Waals surface area contributed by atoms with E-state index < -0.39 is 5.97 Å². The van der Waals surface area contributed by atoms with E-state index in [-0.39, 0.29) is 11.5 Å². The minimum Gasteiger partial charge on any atom is -0.457 e. The number of carbonyl (C=O) groups is 2. The number of ether oxygens (including phenoxy) is 1. The number of oxime groups is 1. The summed E-state index contributed by atoms with van der Waals surface area (Å²) in [6.45, 7) is 0. The highest BCUT2D eigenvalue weighted by molar-refractivity contribution is 6.45. The summed E-state index contributed by atoms with van der Waals surface area (Å²) in [4.78, 5) is 30.2. The maximum Gasteiger partial charge on any atom is 0.365 e. The number of rotatable bonds is 10. The van der Waals surface area contributed by atoms with Gasteiger partial charge in [-0.15, -0.1) is 0 Å². The molecule has 0 aliphatic rings. The topological polar surface area (TPSA) is 88.8 Å². The molecule has 160 valence electrons. The maximum atomic E-state index is 13.0. The quantitative estimate of drug-likeness (QED) is 0.131. The Labute approximate surface area is 186 Å². The zero-order valence-electron chi connectivity index (χ0n) is 17.4. The van der Waals surface area contributed by atoms with E-state index in [0.717, 1.165) is 0 Å². The van der Waals surface area contributed by atoms with Gasteiger partial charge in [0.25, 0.3) is 0 Å². The van der Waals surface area contributed by atoms with Crippen molar-refractivity contribution in [1.29, 1.82) is 5.26 Å². The normalized spacial score (nSPS) is 10.8. The fourth-order valence-electron chi connectivity index (χ4n) is 2.89. The summed E-state index contributed by atoms with van der Waals surface area (Å²) in [6.07, 6.45) is 1.89. The van der Waals surface area contributed by atoms with Crippen LogP contribution in [0, 0.1) is 11.3 Å². The molecule has 0 fully saturated rings. The van der Waals surface area contributed by atoms with Crippen molar-refractivity contribution in [3.05, 3.63) is 96.1 Å². The van der Waals surface area contributed by atoms with Crippen LogP contribution in [-0.2, 0) is 4.84 Å². The lowest BCUT2D eigenvalue weighted by Crippen LogP contribution is -2.16. The van der Waals surface area contributed by atoms with Gasteiger partial charge in [-0.25, -0.2) is 4.79 Å². The van der Waals surface area contributed by atoms with Crippen molar-refractivity contribution in [2.24, 2.45) is 5.16 Å². The molecule has 3 aromatic rings. The predicted octanol–water partition coefficient (Wildman–Crippen LogP) is 5.96. The first-order valence-corrected chi connectivity index (χ1v) is 10.3. The molecular weight excluding hydrogens is 404 g/mol. The summed E-state index contributed by atoms with van der Waals surface area (Å²) >= 11 is 0. The second-order valence-electron chi connectivity index (χ2n) is 6.92. The largest absolute Gasteiger partial charge is 0.457 e. The van der Waals surface area contributed by atoms with Gasteiger partial charge in [-0.2, -0.15) is 5.26 Å². The number of ketones is 1. The van der Waals surface area contributed by atoms with Crippen LogP contribution >= 0.6 is 0 Å². The van der Waals surface area contributed by atoms with Gasteiger partial charge in [0.2, 0.25) is 5.78 Å². The first-order valence-electron chi connectivity index (χ1n) is 10.3. The van der Waals surface area contributed by atoms with Crippen molar-refractivity contribution in [2.45, 2.75) is 25.7 Å². The fourth-order valence-corrected chi connectivity index (χ4v) is 2.89. The Hall–Kier alpha value is -4.24. The first kappa shape index (κ1) is 22.4. The van der Waals surface area contributed by atoms with Crippen LogP contribution in [0.15, 0.2) is 90.1 Å². The van der Waals surface area contributed by atoms with Crippen LogP contribution in [-0.4, -0.2) is 17.5 Å². The number of hydrogen-bond acceptors (Lipinski definition) is 6. The minimum atomic E-state index is -0.639. The molecule has 6 heteroatoms. The molecule has 0 heterocycles. The predicted molar refractivity (Wildman–Crippen MR) is 121 cm³/mol. The lowest BCUT2D eigenvalue weighted by atomic mass is 10.0. The van der Waals surface area contributed by atoms with E-state index in [4.69, 9.17) is 14.8 Å². The van der Waals surface area contributed by atoms with Crippen molar-refractivity contribution in [3.8, 4) is 17.6 Å². The standard InChI is InChI=1S/C26H22N2O4/c27-19-9-3-8-14-24(28-32-26(30)21-10-4-1-5-11-21)25(29)20-15-17-23(18-16-20)31-22-12-6-2-7-13-22/h1-2,4-7,10-13,15-18H,3,8-9,14H2/b28-24+. The highest BCUT2D eigenvalue weighted by Crippen LogP contribution is 2.21. The van der Waals surface area contributed by atoms with E-state index in [1.54, 1.807) is 54.6 Å². The van der Waals surface area contributed by atoms with E-state index in [9.17, 15) is 9.59 Å². The van der Waals surface area contributed by atoms with Crippen LogP contribution in [0.2, 0.25) is 0 Å². The molecule has 0 unspecified atom stereocenters. The molecule has 0 aromatic heterocycles. The number of nitrogens with zero attached hydrogens (tertiary/aromatic N) is 2. The molecule has 0 radical (unpaired) electrons. The average Bonchev–Trinajstić information content (AvgIpc) is 2.84. The van der Waals surface area contributed by atoms with Gasteiger partial charge < -0.3 is 9.57 Å². The van der Waals surface area contributed by atoms with Crippen LogP contribution in [0.1, 0.15) is 46.4 Å². The molecule has 0 aliphatic carbocycles. The molecule has 3 rings (SSSR count). The third-order valence-corrected chi connectivity index (χ3v) is 4.56. The maximum absolute atomic E-state index is 13.0. The number of Topliss-reactive ketones (excluding diaryl/α,β-unsaturated/α-hetero) is 1. The molecular formula is C26H22N2O4. The second-order valence-corrected chi connectivity index (χ2v) is 6.92. The van der Waals surface area contributed by atoms with Crippen LogP contribution in [0.5, 0.6) is 11.5 Å². The lowest BCUT2D eigenvalue weighted by molar-refractivity contribution is 0.0514. The van der Waals surface area contributed by atoms with Gasteiger partial charge in [0.05, 0.1) is 11.6 Å². The van der Waals surface area contributed by atoms with Gasteiger partial charge in [-0.1, -0.05) is 41.6 Å². The Balaban J connectivity index is 1.72. The Kier molecular flexibility index (Phi) is 8.29. The van der Waals surface area contributed by atoms with E-state index >= 15 is 0 Å². The number of hydrogen-bond donors (Lipinski definition) is 0. The van der Waals surface area contributed by atoms with Gasteiger partial charge in [-0.3, -0.25) is 4.79 Å². The van der Waals surface area contributed by atoms with E-state index in [2.05, 4.69) is 11.2 Å². The van der Waals surface area contributed by atoms with Crippen molar-refractivity contribution in [2.75, 3.05) is 0 Å². The molecule has 0 aliphatic heterocycles. The summed E-state index contributed by atoms with van der Waals surface area (Å²) < 4.78 is 5.75. The van der Waals surface area contributed by atoms with E-state index in [1.807, 2.05) is 30.3 Å². The summed E-state index contributed by atoms with van der Waals surface area (Å²) in [5, 5.41) is 12.6. The van der Waals surface area contributed by atoms with Crippen LogP contribution in [0.4, 0.5) is 0 Å². The highest BCUT2D eigenvalue weighted by Gasteiger charge is 2.17. The lowest BCUT2D eigenvalue weighted by Gasteiger charge is -2.08. The number of unbranched alkanes of at least 4 members (excludes halogenated alkanes) is 2. The molecule has 0 bridgehead atoms. The highest BCUT2D eigenvalue weighted by atomic mass is 16.7.